The molecule has 146 valence electrons. The first-order valence-corrected chi connectivity index (χ1v) is 9.78. The Morgan fingerprint density at radius 3 is 2.68 bits per heavy atom. The number of hydrogen-bond donors (Lipinski definition) is 1. The zero-order valence-electron chi connectivity index (χ0n) is 16.0. The van der Waals surface area contributed by atoms with Crippen LogP contribution >= 0.6 is 11.3 Å². The largest absolute Gasteiger partial charge is 0.482 e. The summed E-state index contributed by atoms with van der Waals surface area (Å²) in [6.07, 6.45) is 0. The van der Waals surface area contributed by atoms with Gasteiger partial charge >= 0.3 is 5.97 Å². The van der Waals surface area contributed by atoms with E-state index in [0.29, 0.717) is 10.9 Å². The summed E-state index contributed by atoms with van der Waals surface area (Å²) in [5, 5.41) is 3.11. The average molecular weight is 398 g/mol. The van der Waals surface area contributed by atoms with Gasteiger partial charge in [0.05, 0.1) is 10.2 Å². The second kappa shape index (κ2) is 8.84. The molecule has 0 aliphatic rings. The molecule has 0 unspecified atom stereocenters. The zero-order chi connectivity index (χ0) is 20.1. The number of aryl methyl sites for hydroxylation is 1. The van der Waals surface area contributed by atoms with Crippen molar-refractivity contribution in [2.45, 2.75) is 26.7 Å². The second-order valence-corrected chi connectivity index (χ2v) is 7.71. The minimum atomic E-state index is -0.601. The van der Waals surface area contributed by atoms with Crippen molar-refractivity contribution in [2.75, 3.05) is 18.5 Å². The van der Waals surface area contributed by atoms with Gasteiger partial charge in [-0.3, -0.25) is 10.1 Å². The number of rotatable bonds is 7. The molecule has 0 radical (unpaired) electrons. The summed E-state index contributed by atoms with van der Waals surface area (Å²) in [4.78, 5) is 28.2. The maximum Gasteiger partial charge on any atom is 0.344 e. The first kappa shape index (κ1) is 19.8. The summed E-state index contributed by atoms with van der Waals surface area (Å²) in [6, 6.07) is 13.5. The van der Waals surface area contributed by atoms with Gasteiger partial charge < -0.3 is 9.47 Å². The van der Waals surface area contributed by atoms with Crippen LogP contribution in [0, 0.1) is 6.92 Å². The minimum absolute atomic E-state index is 0.252. The lowest BCUT2D eigenvalue weighted by Crippen LogP contribution is -2.23. The van der Waals surface area contributed by atoms with E-state index in [2.05, 4.69) is 24.1 Å². The molecule has 0 saturated heterocycles. The molecule has 0 saturated carbocycles. The number of amides is 1. The SMILES string of the molecule is Cc1ccc(C(C)C)c(OCC(=O)OCC(=O)Nc2nc3ccccc3s2)c1. The standard InChI is InChI=1S/C21H22N2O4S/c1-13(2)15-9-8-14(3)10-17(15)26-12-20(25)27-11-19(24)23-21-22-16-6-4-5-7-18(16)28-21/h4-10,13H,11-12H2,1-3H3,(H,22,23,24). The van der Waals surface area contributed by atoms with E-state index < -0.39 is 11.9 Å². The van der Waals surface area contributed by atoms with E-state index in [-0.39, 0.29) is 19.1 Å². The molecular weight excluding hydrogens is 376 g/mol. The molecule has 7 heteroatoms. The number of hydrogen-bond acceptors (Lipinski definition) is 6. The van der Waals surface area contributed by atoms with Gasteiger partial charge in [-0.2, -0.15) is 0 Å². The summed E-state index contributed by atoms with van der Waals surface area (Å²) < 4.78 is 11.6. The Morgan fingerprint density at radius 2 is 1.93 bits per heavy atom. The summed E-state index contributed by atoms with van der Waals surface area (Å²) >= 11 is 1.36. The van der Waals surface area contributed by atoms with Crippen LogP contribution in [0.2, 0.25) is 0 Å². The lowest BCUT2D eigenvalue weighted by Gasteiger charge is -2.14. The molecule has 0 fully saturated rings. The molecule has 1 heterocycles. The molecule has 1 aromatic heterocycles. The van der Waals surface area contributed by atoms with Crippen molar-refractivity contribution in [3.63, 3.8) is 0 Å². The predicted octanol–water partition coefficient (Wildman–Crippen LogP) is 4.29. The number of nitrogens with zero attached hydrogens (tertiary/aromatic N) is 1. The Bertz CT molecular complexity index is 964. The van der Waals surface area contributed by atoms with E-state index in [1.165, 1.54) is 11.3 Å². The van der Waals surface area contributed by atoms with E-state index in [9.17, 15) is 9.59 Å². The fraction of sp³-hybridized carbons (Fsp3) is 0.286. The summed E-state index contributed by atoms with van der Waals surface area (Å²) in [5.41, 5.74) is 2.88. The fourth-order valence-electron chi connectivity index (χ4n) is 2.65. The lowest BCUT2D eigenvalue weighted by atomic mass is 10.0. The number of carbonyl (C=O) groups is 2. The van der Waals surface area contributed by atoms with Gasteiger partial charge in [0.1, 0.15) is 5.75 Å². The molecule has 0 atom stereocenters. The highest BCUT2D eigenvalue weighted by Gasteiger charge is 2.13. The first-order chi connectivity index (χ1) is 13.4. The monoisotopic (exact) mass is 398 g/mol. The van der Waals surface area contributed by atoms with E-state index in [1.807, 2.05) is 49.4 Å². The van der Waals surface area contributed by atoms with E-state index >= 15 is 0 Å². The number of aromatic nitrogens is 1. The molecular formula is C21H22N2O4S. The number of benzene rings is 2. The normalized spacial score (nSPS) is 10.9. The topological polar surface area (TPSA) is 77.5 Å². The molecule has 0 bridgehead atoms. The Kier molecular flexibility index (Phi) is 6.26. The van der Waals surface area contributed by atoms with Crippen LogP contribution in [0.25, 0.3) is 10.2 Å². The maximum absolute atomic E-state index is 12.0. The van der Waals surface area contributed by atoms with Crippen molar-refractivity contribution >= 4 is 38.6 Å². The van der Waals surface area contributed by atoms with Gasteiger partial charge in [0.2, 0.25) is 0 Å². The third-order valence-corrected chi connectivity index (χ3v) is 4.99. The second-order valence-electron chi connectivity index (χ2n) is 6.68. The van der Waals surface area contributed by atoms with Gasteiger partial charge in [0.25, 0.3) is 5.91 Å². The van der Waals surface area contributed by atoms with Crippen LogP contribution < -0.4 is 10.1 Å². The van der Waals surface area contributed by atoms with Crippen molar-refractivity contribution in [3.05, 3.63) is 53.6 Å². The Morgan fingerprint density at radius 1 is 1.14 bits per heavy atom. The van der Waals surface area contributed by atoms with E-state index in [1.54, 1.807) is 0 Å². The van der Waals surface area contributed by atoms with Gasteiger partial charge in [0.15, 0.2) is 18.3 Å². The first-order valence-electron chi connectivity index (χ1n) is 8.97. The van der Waals surface area contributed by atoms with Crippen molar-refractivity contribution in [3.8, 4) is 5.75 Å². The number of para-hydroxylation sites is 1. The zero-order valence-corrected chi connectivity index (χ0v) is 16.8. The Hall–Kier alpha value is -2.93. The number of nitrogens with one attached hydrogen (secondary N) is 1. The van der Waals surface area contributed by atoms with Gasteiger partial charge in [0, 0.05) is 0 Å². The molecule has 0 aliphatic carbocycles. The van der Waals surface area contributed by atoms with Crippen molar-refractivity contribution in [1.82, 2.24) is 4.98 Å². The van der Waals surface area contributed by atoms with Gasteiger partial charge in [-0.15, -0.1) is 0 Å². The summed E-state index contributed by atoms with van der Waals surface area (Å²) in [7, 11) is 0. The molecule has 6 nitrogen and oxygen atoms in total. The highest BCUT2D eigenvalue weighted by molar-refractivity contribution is 7.22. The van der Waals surface area contributed by atoms with Gasteiger partial charge in [-0.25, -0.2) is 9.78 Å². The highest BCUT2D eigenvalue weighted by atomic mass is 32.1. The summed E-state index contributed by atoms with van der Waals surface area (Å²) in [6.45, 7) is 5.44. The van der Waals surface area contributed by atoms with Crippen LogP contribution in [-0.2, 0) is 14.3 Å². The molecule has 1 N–H and O–H groups in total. The fourth-order valence-corrected chi connectivity index (χ4v) is 3.53. The molecule has 1 amide bonds. The number of anilines is 1. The van der Waals surface area contributed by atoms with Crippen LogP contribution in [0.1, 0.15) is 30.9 Å². The molecule has 3 rings (SSSR count). The van der Waals surface area contributed by atoms with Crippen LogP contribution in [0.5, 0.6) is 5.75 Å². The Labute approximate surface area is 167 Å². The number of carbonyl (C=O) groups excluding carboxylic acids is 2. The molecule has 0 aliphatic heterocycles. The number of ether oxygens (including phenoxy) is 2. The third-order valence-electron chi connectivity index (χ3n) is 4.04. The number of esters is 1. The van der Waals surface area contributed by atoms with Gasteiger partial charge in [-0.05, 0) is 42.2 Å². The highest BCUT2D eigenvalue weighted by Crippen LogP contribution is 2.27. The van der Waals surface area contributed by atoms with Crippen LogP contribution in [0.3, 0.4) is 0 Å². The minimum Gasteiger partial charge on any atom is -0.482 e. The third kappa shape index (κ3) is 5.07. The van der Waals surface area contributed by atoms with E-state index in [4.69, 9.17) is 9.47 Å². The van der Waals surface area contributed by atoms with E-state index in [0.717, 1.165) is 21.3 Å². The average Bonchev–Trinajstić information content (AvgIpc) is 3.06. The van der Waals surface area contributed by atoms with Crippen LogP contribution in [0.4, 0.5) is 5.13 Å². The van der Waals surface area contributed by atoms with Crippen molar-refractivity contribution in [1.29, 1.82) is 0 Å². The van der Waals surface area contributed by atoms with Gasteiger partial charge in [-0.1, -0.05) is 49.4 Å². The molecule has 2 aromatic carbocycles. The smallest absolute Gasteiger partial charge is 0.344 e. The van der Waals surface area contributed by atoms with Crippen molar-refractivity contribution in [2.24, 2.45) is 0 Å². The van der Waals surface area contributed by atoms with Crippen LogP contribution in [0.15, 0.2) is 42.5 Å². The quantitative estimate of drug-likeness (QED) is 0.601. The van der Waals surface area contributed by atoms with Crippen molar-refractivity contribution < 1.29 is 19.1 Å². The number of fused-ring (bicyclic) bond motifs is 1. The lowest BCUT2D eigenvalue weighted by molar-refractivity contribution is -0.149. The Balaban J connectivity index is 1.49. The molecule has 3 aromatic rings. The molecule has 28 heavy (non-hydrogen) atoms. The summed E-state index contributed by atoms with van der Waals surface area (Å²) in [5.74, 6) is -0.112. The molecule has 0 spiro atoms. The predicted molar refractivity (Wildman–Crippen MR) is 110 cm³/mol. The number of thiazole rings is 1. The van der Waals surface area contributed by atoms with Crippen LogP contribution in [-0.4, -0.2) is 30.1 Å². The maximum atomic E-state index is 12.0.